The van der Waals surface area contributed by atoms with Crippen LogP contribution in [0.3, 0.4) is 0 Å². The Hall–Kier alpha value is -0.790. The predicted octanol–water partition coefficient (Wildman–Crippen LogP) is 3.42. The molecule has 0 aliphatic heterocycles. The van der Waals surface area contributed by atoms with Crippen LogP contribution >= 0.6 is 0 Å². The maximum atomic E-state index is 4.27. The second-order valence-corrected chi connectivity index (χ2v) is 4.79. The zero-order valence-corrected chi connectivity index (χ0v) is 9.78. The fraction of sp³-hybridized carbons (Fsp3) is 0.769. The van der Waals surface area contributed by atoms with Gasteiger partial charge in [0.25, 0.3) is 0 Å². The molecule has 0 N–H and O–H groups in total. The third kappa shape index (κ3) is 2.83. The summed E-state index contributed by atoms with van der Waals surface area (Å²) in [7, 11) is 0. The summed E-state index contributed by atoms with van der Waals surface area (Å²) in [6, 6.07) is 0. The molecule has 1 aromatic rings. The lowest BCUT2D eigenvalue weighted by atomic mass is 9.89. The van der Waals surface area contributed by atoms with Gasteiger partial charge in [-0.25, -0.2) is 4.98 Å². The van der Waals surface area contributed by atoms with Crippen LogP contribution in [0.15, 0.2) is 12.5 Å². The van der Waals surface area contributed by atoms with Crippen molar-refractivity contribution in [3.63, 3.8) is 0 Å². The van der Waals surface area contributed by atoms with Crippen LogP contribution in [0, 0.1) is 5.92 Å². The first kappa shape index (κ1) is 10.7. The van der Waals surface area contributed by atoms with E-state index in [2.05, 4.69) is 16.5 Å². The molecule has 0 aromatic carbocycles. The Morgan fingerprint density at radius 1 is 1.33 bits per heavy atom. The lowest BCUT2D eigenvalue weighted by molar-refractivity contribution is 0.316. The zero-order chi connectivity index (χ0) is 10.5. The van der Waals surface area contributed by atoms with Crippen molar-refractivity contribution in [3.8, 4) is 0 Å². The van der Waals surface area contributed by atoms with Crippen LogP contribution in [0.25, 0.3) is 0 Å². The maximum absolute atomic E-state index is 4.27. The van der Waals surface area contributed by atoms with Crippen LogP contribution in [0.1, 0.15) is 51.1 Å². The van der Waals surface area contributed by atoms with Crippen LogP contribution in [0.2, 0.25) is 0 Å². The fourth-order valence-electron chi connectivity index (χ4n) is 2.62. The van der Waals surface area contributed by atoms with Crippen molar-refractivity contribution in [2.75, 3.05) is 0 Å². The summed E-state index contributed by atoms with van der Waals surface area (Å²) in [5.74, 6) is 0.906. The van der Waals surface area contributed by atoms with Gasteiger partial charge in [-0.3, -0.25) is 0 Å². The van der Waals surface area contributed by atoms with Crippen molar-refractivity contribution in [1.82, 2.24) is 9.55 Å². The summed E-state index contributed by atoms with van der Waals surface area (Å²) in [6.07, 6.45) is 13.6. The molecule has 1 heterocycles. The molecule has 0 bridgehead atoms. The van der Waals surface area contributed by atoms with E-state index < -0.39 is 0 Å². The second-order valence-electron chi connectivity index (χ2n) is 4.79. The standard InChI is InChI=1S/C13H22N2/c1-2-6-13-9-14-11-15(13)10-12-7-4-3-5-8-12/h9,11-12H,2-8,10H2,1H3. The molecule has 1 fully saturated rings. The molecule has 2 heteroatoms. The van der Waals surface area contributed by atoms with E-state index >= 15 is 0 Å². The van der Waals surface area contributed by atoms with Gasteiger partial charge < -0.3 is 4.57 Å². The fourth-order valence-corrected chi connectivity index (χ4v) is 2.62. The number of rotatable bonds is 4. The van der Waals surface area contributed by atoms with Crippen LogP contribution < -0.4 is 0 Å². The minimum absolute atomic E-state index is 0.906. The monoisotopic (exact) mass is 206 g/mol. The highest BCUT2D eigenvalue weighted by atomic mass is 15.0. The molecule has 2 rings (SSSR count). The third-order valence-corrected chi connectivity index (χ3v) is 3.48. The molecule has 0 amide bonds. The van der Waals surface area contributed by atoms with Crippen molar-refractivity contribution in [2.45, 2.75) is 58.4 Å². The average molecular weight is 206 g/mol. The van der Waals surface area contributed by atoms with Gasteiger partial charge in [0, 0.05) is 18.4 Å². The van der Waals surface area contributed by atoms with Crippen LogP contribution in [0.4, 0.5) is 0 Å². The summed E-state index contributed by atoms with van der Waals surface area (Å²) >= 11 is 0. The van der Waals surface area contributed by atoms with E-state index in [-0.39, 0.29) is 0 Å². The molecule has 1 saturated carbocycles. The van der Waals surface area contributed by atoms with Crippen molar-refractivity contribution in [3.05, 3.63) is 18.2 Å². The third-order valence-electron chi connectivity index (χ3n) is 3.48. The van der Waals surface area contributed by atoms with E-state index in [0.717, 1.165) is 5.92 Å². The first-order valence-corrected chi connectivity index (χ1v) is 6.39. The minimum atomic E-state index is 0.906. The van der Waals surface area contributed by atoms with Gasteiger partial charge in [0.15, 0.2) is 0 Å². The first-order chi connectivity index (χ1) is 7.40. The van der Waals surface area contributed by atoms with Gasteiger partial charge in [-0.1, -0.05) is 32.6 Å². The number of aromatic nitrogens is 2. The molecular weight excluding hydrogens is 184 g/mol. The Kier molecular flexibility index (Phi) is 3.81. The molecule has 0 spiro atoms. The molecule has 1 aliphatic rings. The minimum Gasteiger partial charge on any atom is -0.334 e. The van der Waals surface area contributed by atoms with Gasteiger partial charge >= 0.3 is 0 Å². The Labute approximate surface area is 92.7 Å². The predicted molar refractivity (Wildman–Crippen MR) is 62.8 cm³/mol. The quantitative estimate of drug-likeness (QED) is 0.738. The number of aryl methyl sites for hydroxylation is 1. The van der Waals surface area contributed by atoms with Crippen molar-refractivity contribution in [2.24, 2.45) is 5.92 Å². The Balaban J connectivity index is 1.93. The largest absolute Gasteiger partial charge is 0.334 e. The van der Waals surface area contributed by atoms with Gasteiger partial charge in [-0.15, -0.1) is 0 Å². The molecule has 0 radical (unpaired) electrons. The summed E-state index contributed by atoms with van der Waals surface area (Å²) in [5, 5.41) is 0. The summed E-state index contributed by atoms with van der Waals surface area (Å²) < 4.78 is 2.37. The first-order valence-electron chi connectivity index (χ1n) is 6.39. The Morgan fingerprint density at radius 2 is 2.13 bits per heavy atom. The SMILES string of the molecule is CCCc1cncn1CC1CCCCC1. The molecule has 0 atom stereocenters. The smallest absolute Gasteiger partial charge is 0.0948 e. The topological polar surface area (TPSA) is 17.8 Å². The molecule has 84 valence electrons. The Morgan fingerprint density at radius 3 is 2.87 bits per heavy atom. The highest BCUT2D eigenvalue weighted by Crippen LogP contribution is 2.25. The van der Waals surface area contributed by atoms with E-state index in [1.807, 2.05) is 12.5 Å². The highest BCUT2D eigenvalue weighted by molar-refractivity contribution is 4.98. The van der Waals surface area contributed by atoms with Gasteiger partial charge in [-0.05, 0) is 25.2 Å². The van der Waals surface area contributed by atoms with Gasteiger partial charge in [-0.2, -0.15) is 0 Å². The maximum Gasteiger partial charge on any atom is 0.0948 e. The van der Waals surface area contributed by atoms with Gasteiger partial charge in [0.1, 0.15) is 0 Å². The van der Waals surface area contributed by atoms with Crippen molar-refractivity contribution >= 4 is 0 Å². The molecule has 1 aromatic heterocycles. The molecular formula is C13H22N2. The van der Waals surface area contributed by atoms with Gasteiger partial charge in [0.2, 0.25) is 0 Å². The number of hydrogen-bond acceptors (Lipinski definition) is 1. The van der Waals surface area contributed by atoms with Gasteiger partial charge in [0.05, 0.1) is 6.33 Å². The molecule has 1 aliphatic carbocycles. The van der Waals surface area contributed by atoms with Crippen molar-refractivity contribution in [1.29, 1.82) is 0 Å². The Bertz CT molecular complexity index is 284. The van der Waals surface area contributed by atoms with Crippen LogP contribution in [0.5, 0.6) is 0 Å². The molecule has 15 heavy (non-hydrogen) atoms. The van der Waals surface area contributed by atoms with E-state index in [1.165, 1.54) is 57.2 Å². The van der Waals surface area contributed by atoms with Crippen LogP contribution in [-0.2, 0) is 13.0 Å². The van der Waals surface area contributed by atoms with Crippen LogP contribution in [-0.4, -0.2) is 9.55 Å². The highest BCUT2D eigenvalue weighted by Gasteiger charge is 2.14. The van der Waals surface area contributed by atoms with E-state index in [1.54, 1.807) is 0 Å². The second kappa shape index (κ2) is 5.34. The molecule has 0 unspecified atom stereocenters. The number of hydrogen-bond donors (Lipinski definition) is 0. The van der Waals surface area contributed by atoms with Crippen molar-refractivity contribution < 1.29 is 0 Å². The summed E-state index contributed by atoms with van der Waals surface area (Å²) in [4.78, 5) is 4.27. The average Bonchev–Trinajstić information content (AvgIpc) is 2.68. The molecule has 0 saturated heterocycles. The zero-order valence-electron chi connectivity index (χ0n) is 9.78. The summed E-state index contributed by atoms with van der Waals surface area (Å²) in [6.45, 7) is 3.44. The van der Waals surface area contributed by atoms with E-state index in [0.29, 0.717) is 0 Å². The normalized spacial score (nSPS) is 18.2. The summed E-state index contributed by atoms with van der Waals surface area (Å²) in [5.41, 5.74) is 1.42. The lowest BCUT2D eigenvalue weighted by Gasteiger charge is -2.22. The van der Waals surface area contributed by atoms with E-state index in [9.17, 15) is 0 Å². The number of nitrogens with zero attached hydrogens (tertiary/aromatic N) is 2. The van der Waals surface area contributed by atoms with E-state index in [4.69, 9.17) is 0 Å². The molecule has 2 nitrogen and oxygen atoms in total. The number of imidazole rings is 1. The lowest BCUT2D eigenvalue weighted by Crippen LogP contribution is -2.15.